The van der Waals surface area contributed by atoms with E-state index in [2.05, 4.69) is 4.98 Å². The molecule has 0 saturated heterocycles. The van der Waals surface area contributed by atoms with Crippen LogP contribution in [-0.2, 0) is 13.0 Å². The van der Waals surface area contributed by atoms with Gasteiger partial charge >= 0.3 is 0 Å². The molecule has 0 aliphatic rings. The van der Waals surface area contributed by atoms with Gasteiger partial charge in [0.15, 0.2) is 0 Å². The Morgan fingerprint density at radius 3 is 2.76 bits per heavy atom. The zero-order valence-corrected chi connectivity index (χ0v) is 10.9. The lowest BCUT2D eigenvalue weighted by molar-refractivity contribution is 0.631. The third-order valence-corrected chi connectivity index (χ3v) is 3.85. The van der Waals surface area contributed by atoms with E-state index >= 15 is 0 Å². The number of nitrogens with zero attached hydrogens (tertiary/aromatic N) is 1. The van der Waals surface area contributed by atoms with Gasteiger partial charge in [0.05, 0.1) is 5.69 Å². The summed E-state index contributed by atoms with van der Waals surface area (Å²) in [5.41, 5.74) is 7.06. The minimum absolute atomic E-state index is 0.350. The van der Waals surface area contributed by atoms with E-state index in [0.717, 1.165) is 17.0 Å². The van der Waals surface area contributed by atoms with Gasteiger partial charge in [-0.15, -0.1) is 11.3 Å². The zero-order chi connectivity index (χ0) is 12.4. The van der Waals surface area contributed by atoms with Crippen molar-refractivity contribution in [2.45, 2.75) is 19.9 Å². The van der Waals surface area contributed by atoms with Crippen molar-refractivity contribution in [3.05, 3.63) is 39.6 Å². The van der Waals surface area contributed by atoms with Crippen LogP contribution in [0, 0.1) is 5.82 Å². The number of nitrogens with two attached hydrogens (primary N) is 1. The highest BCUT2D eigenvalue weighted by Crippen LogP contribution is 2.31. The first-order chi connectivity index (χ1) is 8.15. The maximum atomic E-state index is 13.7. The number of hydrogen-bond acceptors (Lipinski definition) is 3. The monoisotopic (exact) mass is 270 g/mol. The molecule has 1 aromatic heterocycles. The summed E-state index contributed by atoms with van der Waals surface area (Å²) in [6, 6.07) is 4.61. The number of hydrogen-bond donors (Lipinski definition) is 1. The van der Waals surface area contributed by atoms with E-state index in [9.17, 15) is 4.39 Å². The Balaban J connectivity index is 2.49. The summed E-state index contributed by atoms with van der Waals surface area (Å²) in [6.07, 6.45) is 0.804. The molecule has 1 aromatic carbocycles. The molecule has 17 heavy (non-hydrogen) atoms. The van der Waals surface area contributed by atoms with Crippen molar-refractivity contribution in [2.75, 3.05) is 0 Å². The molecule has 0 bridgehead atoms. The van der Waals surface area contributed by atoms with E-state index in [1.54, 1.807) is 12.1 Å². The molecule has 1 heterocycles. The summed E-state index contributed by atoms with van der Waals surface area (Å²) in [7, 11) is 0. The third-order valence-electron chi connectivity index (χ3n) is 2.46. The maximum Gasteiger partial charge on any atom is 0.134 e. The quantitative estimate of drug-likeness (QED) is 0.925. The number of halogens is 2. The molecule has 2 rings (SSSR count). The SMILES string of the molecule is CCc1nc(-c2ccc(Cl)cc2F)sc1CN. The zero-order valence-electron chi connectivity index (χ0n) is 9.34. The fraction of sp³-hybridized carbons (Fsp3) is 0.250. The molecule has 0 aliphatic carbocycles. The van der Waals surface area contributed by atoms with Crippen molar-refractivity contribution < 1.29 is 4.39 Å². The predicted octanol–water partition coefficient (Wildman–Crippen LogP) is 3.62. The highest BCUT2D eigenvalue weighted by molar-refractivity contribution is 7.15. The lowest BCUT2D eigenvalue weighted by atomic mass is 10.2. The molecule has 5 heteroatoms. The number of benzene rings is 1. The lowest BCUT2D eigenvalue weighted by Crippen LogP contribution is -1.96. The van der Waals surface area contributed by atoms with Crippen molar-refractivity contribution in [3.8, 4) is 10.6 Å². The van der Waals surface area contributed by atoms with E-state index < -0.39 is 0 Å². The van der Waals surface area contributed by atoms with Crippen LogP contribution < -0.4 is 5.73 Å². The Hall–Kier alpha value is -0.970. The van der Waals surface area contributed by atoms with E-state index in [-0.39, 0.29) is 5.82 Å². The molecule has 2 aromatic rings. The fourth-order valence-corrected chi connectivity index (χ4v) is 2.81. The number of aromatic nitrogens is 1. The van der Waals surface area contributed by atoms with Gasteiger partial charge in [0.25, 0.3) is 0 Å². The van der Waals surface area contributed by atoms with Crippen LogP contribution in [0.3, 0.4) is 0 Å². The normalized spacial score (nSPS) is 10.8. The molecule has 2 N–H and O–H groups in total. The van der Waals surface area contributed by atoms with Crippen molar-refractivity contribution >= 4 is 22.9 Å². The topological polar surface area (TPSA) is 38.9 Å². The average Bonchev–Trinajstić information content (AvgIpc) is 2.72. The van der Waals surface area contributed by atoms with Crippen LogP contribution in [-0.4, -0.2) is 4.98 Å². The van der Waals surface area contributed by atoms with Crippen LogP contribution in [0.1, 0.15) is 17.5 Å². The van der Waals surface area contributed by atoms with Crippen molar-refractivity contribution in [1.82, 2.24) is 4.98 Å². The Morgan fingerprint density at radius 2 is 2.24 bits per heavy atom. The first-order valence-electron chi connectivity index (χ1n) is 5.29. The summed E-state index contributed by atoms with van der Waals surface area (Å²) in [5.74, 6) is -0.350. The third kappa shape index (κ3) is 2.49. The fourth-order valence-electron chi connectivity index (χ4n) is 1.60. The van der Waals surface area contributed by atoms with Gasteiger partial charge in [-0.2, -0.15) is 0 Å². The van der Waals surface area contributed by atoms with Crippen LogP contribution in [0.5, 0.6) is 0 Å². The predicted molar refractivity (Wildman–Crippen MR) is 69.8 cm³/mol. The van der Waals surface area contributed by atoms with E-state index in [1.807, 2.05) is 6.92 Å². The number of aryl methyl sites for hydroxylation is 1. The molecular formula is C12H12ClFN2S. The smallest absolute Gasteiger partial charge is 0.134 e. The molecule has 90 valence electrons. The van der Waals surface area contributed by atoms with E-state index in [0.29, 0.717) is 22.1 Å². The van der Waals surface area contributed by atoms with Crippen molar-refractivity contribution in [2.24, 2.45) is 5.73 Å². The van der Waals surface area contributed by atoms with Crippen molar-refractivity contribution in [3.63, 3.8) is 0 Å². The second-order valence-electron chi connectivity index (χ2n) is 3.57. The molecule has 0 fully saturated rings. The minimum atomic E-state index is -0.350. The number of thiazole rings is 1. The maximum absolute atomic E-state index is 13.7. The van der Waals surface area contributed by atoms with Gasteiger partial charge in [-0.05, 0) is 24.6 Å². The van der Waals surface area contributed by atoms with Gasteiger partial charge in [-0.1, -0.05) is 18.5 Å². The number of rotatable bonds is 3. The molecule has 2 nitrogen and oxygen atoms in total. The molecule has 0 amide bonds. The van der Waals surface area contributed by atoms with Gasteiger partial charge in [0.1, 0.15) is 10.8 Å². The van der Waals surface area contributed by atoms with Crippen LogP contribution >= 0.6 is 22.9 Å². The van der Waals surface area contributed by atoms with Gasteiger partial charge in [-0.25, -0.2) is 9.37 Å². The second-order valence-corrected chi connectivity index (χ2v) is 5.09. The molecule has 0 radical (unpaired) electrons. The van der Waals surface area contributed by atoms with Crippen LogP contribution in [0.15, 0.2) is 18.2 Å². The van der Waals surface area contributed by atoms with Gasteiger partial charge in [0, 0.05) is 22.0 Å². The Labute approximate surface area is 108 Å². The molecule has 0 aliphatic heterocycles. The van der Waals surface area contributed by atoms with Gasteiger partial charge in [0.2, 0.25) is 0 Å². The molecular weight excluding hydrogens is 259 g/mol. The van der Waals surface area contributed by atoms with Crippen LogP contribution in [0.4, 0.5) is 4.39 Å². The van der Waals surface area contributed by atoms with Gasteiger partial charge < -0.3 is 5.73 Å². The first kappa shape index (κ1) is 12.5. The van der Waals surface area contributed by atoms with Crippen LogP contribution in [0.2, 0.25) is 5.02 Å². The summed E-state index contributed by atoms with van der Waals surface area (Å²) in [5, 5.41) is 1.05. The Morgan fingerprint density at radius 1 is 1.47 bits per heavy atom. The summed E-state index contributed by atoms with van der Waals surface area (Å²) in [4.78, 5) is 5.43. The highest BCUT2D eigenvalue weighted by Gasteiger charge is 2.13. The largest absolute Gasteiger partial charge is 0.326 e. The van der Waals surface area contributed by atoms with E-state index in [4.69, 9.17) is 17.3 Å². The molecule has 0 spiro atoms. The Bertz CT molecular complexity index is 518. The Kier molecular flexibility index (Phi) is 3.76. The summed E-state index contributed by atoms with van der Waals surface area (Å²) < 4.78 is 13.7. The standard InChI is InChI=1S/C12H12ClFN2S/c1-2-10-11(6-15)17-12(16-10)8-4-3-7(13)5-9(8)14/h3-5H,2,6,15H2,1H3. The van der Waals surface area contributed by atoms with E-state index in [1.165, 1.54) is 17.4 Å². The van der Waals surface area contributed by atoms with Gasteiger partial charge in [-0.3, -0.25) is 0 Å². The molecule has 0 unspecified atom stereocenters. The molecule has 0 atom stereocenters. The minimum Gasteiger partial charge on any atom is -0.326 e. The highest BCUT2D eigenvalue weighted by atomic mass is 35.5. The average molecular weight is 271 g/mol. The molecule has 0 saturated carbocycles. The van der Waals surface area contributed by atoms with Crippen molar-refractivity contribution in [1.29, 1.82) is 0 Å². The van der Waals surface area contributed by atoms with Crippen LogP contribution in [0.25, 0.3) is 10.6 Å². The lowest BCUT2D eigenvalue weighted by Gasteiger charge is -1.98. The summed E-state index contributed by atoms with van der Waals surface area (Å²) >= 11 is 7.16. The first-order valence-corrected chi connectivity index (χ1v) is 6.49. The summed E-state index contributed by atoms with van der Waals surface area (Å²) in [6.45, 7) is 2.45. The second kappa shape index (κ2) is 5.12.